The number of aromatic nitrogens is 4. The van der Waals surface area contributed by atoms with Crippen molar-refractivity contribution in [2.75, 3.05) is 6.61 Å². The molecule has 12 heteroatoms. The second kappa shape index (κ2) is 9.22. The van der Waals surface area contributed by atoms with E-state index in [0.29, 0.717) is 5.82 Å². The molecule has 0 aromatic carbocycles. The molecule has 3 aromatic rings. The summed E-state index contributed by atoms with van der Waals surface area (Å²) in [5.41, 5.74) is -0.567. The van der Waals surface area contributed by atoms with Gasteiger partial charge < -0.3 is 4.74 Å². The number of halogens is 4. The van der Waals surface area contributed by atoms with Crippen molar-refractivity contribution in [3.8, 4) is 11.7 Å². The monoisotopic (exact) mass is 497 g/mol. The summed E-state index contributed by atoms with van der Waals surface area (Å²) in [6, 6.07) is 8.26. The highest BCUT2D eigenvalue weighted by Gasteiger charge is 2.62. The van der Waals surface area contributed by atoms with Gasteiger partial charge in [-0.3, -0.25) is 14.5 Å². The van der Waals surface area contributed by atoms with Gasteiger partial charge in [-0.05, 0) is 62.4 Å². The van der Waals surface area contributed by atoms with Crippen molar-refractivity contribution >= 4 is 29.5 Å². The molecule has 1 saturated carbocycles. The highest BCUT2D eigenvalue weighted by atomic mass is 35.5. The first kappa shape index (κ1) is 23.4. The number of pyridine rings is 2. The summed E-state index contributed by atoms with van der Waals surface area (Å²) < 4.78 is 48.4. The van der Waals surface area contributed by atoms with E-state index in [1.165, 1.54) is 16.8 Å². The van der Waals surface area contributed by atoms with Gasteiger partial charge in [0.05, 0.1) is 17.6 Å². The van der Waals surface area contributed by atoms with Crippen LogP contribution in [0.5, 0.6) is 5.88 Å². The van der Waals surface area contributed by atoms with Crippen LogP contribution >= 0.6 is 23.5 Å². The van der Waals surface area contributed by atoms with E-state index in [1.54, 1.807) is 18.5 Å². The van der Waals surface area contributed by atoms with E-state index in [0.717, 1.165) is 22.5 Å². The normalized spacial score (nSPS) is 14.7. The fraction of sp³-hybridized carbons (Fsp3) is 0.333. The number of aryl methyl sites for hydroxylation is 1. The number of carbonyl (C=O) groups is 1. The molecule has 1 N–H and O–H groups in total. The lowest BCUT2D eigenvalue weighted by Gasteiger charge is -2.18. The summed E-state index contributed by atoms with van der Waals surface area (Å²) in [5.74, 6) is 0.0827. The van der Waals surface area contributed by atoms with Crippen molar-refractivity contribution in [1.29, 1.82) is 0 Å². The van der Waals surface area contributed by atoms with Crippen molar-refractivity contribution in [3.05, 3.63) is 59.1 Å². The Hall–Kier alpha value is -2.79. The van der Waals surface area contributed by atoms with Crippen LogP contribution in [0.3, 0.4) is 0 Å². The molecule has 0 aliphatic heterocycles. The van der Waals surface area contributed by atoms with E-state index >= 15 is 0 Å². The molecule has 0 radical (unpaired) electrons. The molecule has 1 amide bonds. The Morgan fingerprint density at radius 2 is 2.06 bits per heavy atom. The predicted molar refractivity (Wildman–Crippen MR) is 117 cm³/mol. The van der Waals surface area contributed by atoms with E-state index in [-0.39, 0.29) is 42.5 Å². The summed E-state index contributed by atoms with van der Waals surface area (Å²) >= 11 is 7.30. The number of ether oxygens (including phenoxy) is 1. The fourth-order valence-corrected chi connectivity index (χ4v) is 3.88. The molecule has 0 spiro atoms. The minimum Gasteiger partial charge on any atom is -0.477 e. The summed E-state index contributed by atoms with van der Waals surface area (Å²) in [7, 11) is 0. The molecule has 3 aromatic heterocycles. The van der Waals surface area contributed by atoms with E-state index < -0.39 is 17.5 Å². The smallest absolute Gasteiger partial charge is 0.394 e. The lowest BCUT2D eigenvalue weighted by Crippen LogP contribution is -2.26. The van der Waals surface area contributed by atoms with E-state index in [1.807, 2.05) is 19.1 Å². The van der Waals surface area contributed by atoms with Gasteiger partial charge in [-0.2, -0.15) is 13.2 Å². The Morgan fingerprint density at radius 1 is 1.27 bits per heavy atom. The van der Waals surface area contributed by atoms with Crippen molar-refractivity contribution in [1.82, 2.24) is 24.5 Å². The van der Waals surface area contributed by atoms with E-state index in [2.05, 4.69) is 19.8 Å². The Labute approximate surface area is 196 Å². The van der Waals surface area contributed by atoms with Crippen LogP contribution < -0.4 is 9.46 Å². The number of amides is 1. The molecule has 3 heterocycles. The third-order valence-electron chi connectivity index (χ3n) is 5.31. The quantitative estimate of drug-likeness (QED) is 0.341. The molecule has 0 saturated heterocycles. The number of rotatable bonds is 8. The van der Waals surface area contributed by atoms with Crippen molar-refractivity contribution in [2.45, 2.75) is 37.3 Å². The Kier molecular flexibility index (Phi) is 6.53. The van der Waals surface area contributed by atoms with Gasteiger partial charge in [-0.25, -0.2) is 9.67 Å². The third-order valence-corrected chi connectivity index (χ3v) is 6.36. The van der Waals surface area contributed by atoms with E-state index in [9.17, 15) is 18.0 Å². The maximum atomic E-state index is 13.0. The third kappa shape index (κ3) is 5.41. The van der Waals surface area contributed by atoms with Gasteiger partial charge in [-0.15, -0.1) is 5.10 Å². The number of carbonyl (C=O) groups excluding carboxylic acids is 1. The first-order valence-corrected chi connectivity index (χ1v) is 11.2. The first-order valence-electron chi connectivity index (χ1n) is 9.99. The molecule has 0 atom stereocenters. The van der Waals surface area contributed by atoms with Crippen LogP contribution in [-0.4, -0.2) is 38.4 Å². The minimum atomic E-state index is -4.21. The van der Waals surface area contributed by atoms with Gasteiger partial charge in [0.1, 0.15) is 5.15 Å². The number of hydrogen-bond donors (Lipinski definition) is 1. The number of alkyl halides is 3. The van der Waals surface area contributed by atoms with Crippen LogP contribution in [-0.2, 0) is 0 Å². The standard InChI is InChI=1S/C21H19ClF3N5O2S/c1-13-2-3-14(12-26-13)33-29-19(31)15-4-5-16(27-18(15)22)30-10-6-17(28-30)32-11-9-20(7-8-20)21(23,24)25/h2-6,10,12H,7-9,11H2,1H3,(H,29,31). The highest BCUT2D eigenvalue weighted by Crippen LogP contribution is 2.59. The average molecular weight is 498 g/mol. The maximum Gasteiger partial charge on any atom is 0.394 e. The second-order valence-corrected chi connectivity index (χ2v) is 8.89. The number of hydrogen-bond acceptors (Lipinski definition) is 6. The lowest BCUT2D eigenvalue weighted by atomic mass is 10.0. The van der Waals surface area contributed by atoms with Crippen LogP contribution in [0.25, 0.3) is 5.82 Å². The topological polar surface area (TPSA) is 81.9 Å². The van der Waals surface area contributed by atoms with Crippen molar-refractivity contribution in [2.24, 2.45) is 5.41 Å². The zero-order valence-corrected chi connectivity index (χ0v) is 19.0. The maximum absolute atomic E-state index is 13.0. The zero-order chi connectivity index (χ0) is 23.6. The SMILES string of the molecule is Cc1ccc(SNC(=O)c2ccc(-n3ccc(OCCC4(C(F)(F)F)CC4)n3)nc2Cl)cn1. The van der Waals surface area contributed by atoms with Crippen molar-refractivity contribution < 1.29 is 22.7 Å². The van der Waals surface area contributed by atoms with Gasteiger partial charge in [0.2, 0.25) is 5.88 Å². The van der Waals surface area contributed by atoms with Crippen LogP contribution in [0.1, 0.15) is 35.3 Å². The van der Waals surface area contributed by atoms with Crippen LogP contribution in [0.15, 0.2) is 47.6 Å². The Balaban J connectivity index is 1.34. The van der Waals surface area contributed by atoms with Gasteiger partial charge >= 0.3 is 6.18 Å². The summed E-state index contributed by atoms with van der Waals surface area (Å²) in [6.07, 6.45) is -0.846. The molecule has 33 heavy (non-hydrogen) atoms. The van der Waals surface area contributed by atoms with Crippen LogP contribution in [0.4, 0.5) is 13.2 Å². The molecular formula is C21H19ClF3N5O2S. The molecule has 0 bridgehead atoms. The Morgan fingerprint density at radius 3 is 2.70 bits per heavy atom. The second-order valence-electron chi connectivity index (χ2n) is 7.65. The minimum absolute atomic E-state index is 0.0218. The van der Waals surface area contributed by atoms with E-state index in [4.69, 9.17) is 16.3 Å². The molecule has 1 aliphatic carbocycles. The molecule has 4 rings (SSSR count). The predicted octanol–water partition coefficient (Wildman–Crippen LogP) is 5.17. The highest BCUT2D eigenvalue weighted by molar-refractivity contribution is 7.98. The number of nitrogens with one attached hydrogen (secondary N) is 1. The summed E-state index contributed by atoms with van der Waals surface area (Å²) in [6.45, 7) is 1.78. The molecule has 1 aliphatic rings. The largest absolute Gasteiger partial charge is 0.477 e. The van der Waals surface area contributed by atoms with Crippen LogP contribution in [0, 0.1) is 12.3 Å². The lowest BCUT2D eigenvalue weighted by molar-refractivity contribution is -0.190. The fourth-order valence-electron chi connectivity index (χ4n) is 3.09. The van der Waals surface area contributed by atoms with Crippen molar-refractivity contribution in [3.63, 3.8) is 0 Å². The van der Waals surface area contributed by atoms with Gasteiger partial charge in [0, 0.05) is 29.0 Å². The Bertz CT molecular complexity index is 1150. The van der Waals surface area contributed by atoms with Gasteiger partial charge in [0.15, 0.2) is 5.82 Å². The van der Waals surface area contributed by atoms with Crippen LogP contribution in [0.2, 0.25) is 5.15 Å². The molecule has 174 valence electrons. The average Bonchev–Trinajstić information content (AvgIpc) is 3.43. The van der Waals surface area contributed by atoms with Gasteiger partial charge in [-0.1, -0.05) is 11.6 Å². The zero-order valence-electron chi connectivity index (χ0n) is 17.4. The summed E-state index contributed by atoms with van der Waals surface area (Å²) in [4.78, 5) is 21.5. The first-order chi connectivity index (χ1) is 15.7. The molecule has 1 fully saturated rings. The van der Waals surface area contributed by atoms with Gasteiger partial charge in [0.25, 0.3) is 5.91 Å². The number of nitrogens with zero attached hydrogens (tertiary/aromatic N) is 4. The summed E-state index contributed by atoms with van der Waals surface area (Å²) in [5, 5.41) is 4.14. The molecule has 7 nitrogen and oxygen atoms in total. The molecular weight excluding hydrogens is 479 g/mol. The molecule has 0 unspecified atom stereocenters.